The molecule has 12 nitrogen and oxygen atoms in total. The summed E-state index contributed by atoms with van der Waals surface area (Å²) < 4.78 is 23.3. The highest BCUT2D eigenvalue weighted by Gasteiger charge is 2.54. The monoisotopic (exact) mass is 666 g/mol. The van der Waals surface area contributed by atoms with E-state index in [0.29, 0.717) is 0 Å². The summed E-state index contributed by atoms with van der Waals surface area (Å²) in [5, 5.41) is 35.9. The summed E-state index contributed by atoms with van der Waals surface area (Å²) in [7, 11) is 1.76. The molecule has 2 saturated heterocycles. The molecule has 2 fully saturated rings. The molecule has 47 heavy (non-hydrogen) atoms. The Balaban J connectivity index is 0.00000246. The van der Waals surface area contributed by atoms with E-state index in [1.807, 2.05) is 32.1 Å². The van der Waals surface area contributed by atoms with E-state index in [1.54, 1.807) is 20.1 Å². The summed E-state index contributed by atoms with van der Waals surface area (Å²) in [4.78, 5) is 33.0. The molecule has 3 aliphatic rings. The molecule has 0 saturated carbocycles. The number of rotatable bonds is 9. The van der Waals surface area contributed by atoms with Gasteiger partial charge in [-0.25, -0.2) is 0 Å². The summed E-state index contributed by atoms with van der Waals surface area (Å²) in [6, 6.07) is 0.0604. The number of nitrogens with one attached hydrogen (secondary N) is 2. The molecule has 0 amide bonds. The number of methoxy groups -OCH3 is 1. The van der Waals surface area contributed by atoms with Gasteiger partial charge in [0.25, 0.3) is 6.47 Å². The zero-order valence-electron chi connectivity index (χ0n) is 29.3. The van der Waals surface area contributed by atoms with Crippen molar-refractivity contribution in [3.05, 3.63) is 36.0 Å². The first-order chi connectivity index (χ1) is 22.1. The Hall–Kier alpha value is -2.61. The molecule has 0 radical (unpaired) electrons. The molecule has 268 valence electrons. The van der Waals surface area contributed by atoms with Crippen LogP contribution in [0.2, 0.25) is 0 Å². The van der Waals surface area contributed by atoms with Gasteiger partial charge in [-0.2, -0.15) is 0 Å². The third-order valence-electron chi connectivity index (χ3n) is 9.44. The Morgan fingerprint density at radius 2 is 1.91 bits per heavy atom. The summed E-state index contributed by atoms with van der Waals surface area (Å²) in [6.45, 7) is 14.7. The molecular formula is C35H58N2O10. The highest BCUT2D eigenvalue weighted by Crippen LogP contribution is 2.39. The molecule has 3 rings (SSSR count). The highest BCUT2D eigenvalue weighted by atomic mass is 16.6. The Morgan fingerprint density at radius 3 is 2.53 bits per heavy atom. The van der Waals surface area contributed by atoms with Crippen LogP contribution in [0.5, 0.6) is 0 Å². The molecule has 12 heteroatoms. The Bertz CT molecular complexity index is 1100. The number of carbonyl (C=O) groups excluding carboxylic acids is 2. The number of esters is 2. The second-order valence-corrected chi connectivity index (χ2v) is 13.4. The lowest BCUT2D eigenvalue weighted by Gasteiger charge is -2.34. The van der Waals surface area contributed by atoms with Crippen molar-refractivity contribution in [2.24, 2.45) is 11.8 Å². The molecule has 2 unspecified atom stereocenters. The first-order valence-corrected chi connectivity index (χ1v) is 16.7. The third kappa shape index (κ3) is 12.1. The van der Waals surface area contributed by atoms with E-state index in [9.17, 15) is 19.8 Å². The van der Waals surface area contributed by atoms with Crippen molar-refractivity contribution < 1.29 is 48.7 Å². The van der Waals surface area contributed by atoms with E-state index in [-0.39, 0.29) is 67.5 Å². The number of allylic oxidation sites excluding steroid dienone is 2. The van der Waals surface area contributed by atoms with E-state index in [4.69, 9.17) is 28.8 Å². The molecule has 0 aromatic carbocycles. The molecule has 3 heterocycles. The van der Waals surface area contributed by atoms with Gasteiger partial charge in [0.2, 0.25) is 0 Å². The van der Waals surface area contributed by atoms with Crippen LogP contribution in [-0.2, 0) is 33.3 Å². The van der Waals surface area contributed by atoms with Crippen LogP contribution < -0.4 is 10.6 Å². The van der Waals surface area contributed by atoms with Crippen LogP contribution in [0.15, 0.2) is 36.0 Å². The first-order valence-electron chi connectivity index (χ1n) is 16.7. The Kier molecular flexibility index (Phi) is 16.2. The minimum absolute atomic E-state index is 0.0604. The topological polar surface area (TPSA) is 176 Å². The smallest absolute Gasteiger partial charge is 0.309 e. The normalized spacial score (nSPS) is 37.4. The number of carboxylic acid groups (broad SMARTS) is 1. The molecule has 0 aromatic heterocycles. The van der Waals surface area contributed by atoms with E-state index in [0.717, 1.165) is 31.5 Å². The van der Waals surface area contributed by atoms with Gasteiger partial charge in [-0.1, -0.05) is 45.1 Å². The lowest BCUT2D eigenvalue weighted by Crippen LogP contribution is -2.58. The average Bonchev–Trinajstić information content (AvgIpc) is 3.81. The quantitative estimate of drug-likeness (QED) is 0.0801. The molecule has 0 aliphatic carbocycles. The first kappa shape index (κ1) is 40.6. The number of aliphatic hydroxyl groups is 2. The van der Waals surface area contributed by atoms with Gasteiger partial charge >= 0.3 is 11.9 Å². The minimum Gasteiger partial charge on any atom is -0.483 e. The summed E-state index contributed by atoms with van der Waals surface area (Å²) in [6.07, 6.45) is 9.40. The van der Waals surface area contributed by atoms with Gasteiger partial charge in [-0.05, 0) is 71.2 Å². The minimum atomic E-state index is -1.41. The number of cyclic esters (lactones) is 1. The second-order valence-electron chi connectivity index (χ2n) is 13.4. The zero-order valence-corrected chi connectivity index (χ0v) is 29.3. The van der Waals surface area contributed by atoms with Gasteiger partial charge in [0.15, 0.2) is 0 Å². The van der Waals surface area contributed by atoms with E-state index < -0.39 is 35.9 Å². The van der Waals surface area contributed by atoms with Gasteiger partial charge in [0.1, 0.15) is 23.9 Å². The zero-order chi connectivity index (χ0) is 35.4. The third-order valence-corrected chi connectivity index (χ3v) is 9.44. The lowest BCUT2D eigenvalue weighted by atomic mass is 9.85. The summed E-state index contributed by atoms with van der Waals surface area (Å²) in [5.41, 5.74) is -0.983. The summed E-state index contributed by atoms with van der Waals surface area (Å²) >= 11 is 0. The fourth-order valence-electron chi connectivity index (χ4n) is 6.56. The molecule has 0 spiro atoms. The van der Waals surface area contributed by atoms with E-state index in [1.165, 1.54) is 6.92 Å². The predicted octanol–water partition coefficient (Wildman–Crippen LogP) is 3.06. The maximum absolute atomic E-state index is 12.8. The van der Waals surface area contributed by atoms with Crippen LogP contribution >= 0.6 is 0 Å². The van der Waals surface area contributed by atoms with Crippen LogP contribution in [-0.4, -0.2) is 108 Å². The fourth-order valence-corrected chi connectivity index (χ4v) is 6.56. The predicted molar refractivity (Wildman–Crippen MR) is 178 cm³/mol. The second kappa shape index (κ2) is 18.8. The lowest BCUT2D eigenvalue weighted by molar-refractivity contribution is -0.157. The van der Waals surface area contributed by atoms with Crippen molar-refractivity contribution >= 4 is 18.4 Å². The van der Waals surface area contributed by atoms with Gasteiger partial charge in [-0.3, -0.25) is 14.4 Å². The molecule has 0 bridgehead atoms. The van der Waals surface area contributed by atoms with Gasteiger partial charge < -0.3 is 44.9 Å². The average molecular weight is 667 g/mol. The van der Waals surface area contributed by atoms with Crippen molar-refractivity contribution in [1.82, 2.24) is 10.6 Å². The van der Waals surface area contributed by atoms with E-state index >= 15 is 0 Å². The number of carbonyl (C=O) groups is 3. The molecule has 0 aromatic rings. The summed E-state index contributed by atoms with van der Waals surface area (Å²) in [5.74, 6) is -1.04. The molecular weight excluding hydrogens is 608 g/mol. The number of epoxide rings is 1. The fraction of sp³-hybridized carbons (Fsp3) is 0.743. The van der Waals surface area contributed by atoms with Crippen LogP contribution in [0.3, 0.4) is 0 Å². The largest absolute Gasteiger partial charge is 0.483 e. The van der Waals surface area contributed by atoms with Gasteiger partial charge in [0.05, 0.1) is 36.3 Å². The van der Waals surface area contributed by atoms with Crippen molar-refractivity contribution in [3.63, 3.8) is 0 Å². The highest BCUT2D eigenvalue weighted by molar-refractivity contribution is 5.70. The van der Waals surface area contributed by atoms with Crippen molar-refractivity contribution in [2.75, 3.05) is 20.2 Å². The molecule has 11 atom stereocenters. The molecule has 5 N–H and O–H groups in total. The Labute approximate surface area is 279 Å². The number of ether oxygens (including phenoxy) is 4. The van der Waals surface area contributed by atoms with Crippen molar-refractivity contribution in [2.45, 2.75) is 134 Å². The Morgan fingerprint density at radius 1 is 1.23 bits per heavy atom. The van der Waals surface area contributed by atoms with Crippen molar-refractivity contribution in [3.8, 4) is 0 Å². The standard InChI is InChI=1S/C34H56N2O8.CH2O2/c1-9-26(41-8)23(4)30-31(44-30)32-33(6,36-19-11-18-35-32)16-10-12-21(2)29-22(3)13-14-27(42-24(5)37)34(7,40)17-15-25(38)20-28(39)43-29;2-1-3/h10,12-14,16,22-23,25-27,29-32,35-36,38,40H,9,11,15,17-20H2,1-8H3;1H,(H,2,3)/b14-13+,16-10+,21-12+;/t22-,23+,25+,26-,27-,29-,30+,31+,32?,33?,34+;/m0./s1. The van der Waals surface area contributed by atoms with Gasteiger partial charge in [-0.15, -0.1) is 0 Å². The van der Waals surface area contributed by atoms with Crippen molar-refractivity contribution in [1.29, 1.82) is 0 Å². The SMILES string of the molecule is CC[C@H](OC)[C@@H](C)[C@H]1O[C@H]1C1NCCCNC1(C)/C=C/C=C(\C)[C@@H]1OC(=O)C[C@H](O)CC[C@@](C)(O)[C@@H](OC(C)=O)/C=C/[C@@H]1C.O=CO. The van der Waals surface area contributed by atoms with Crippen LogP contribution in [0.25, 0.3) is 0 Å². The van der Waals surface area contributed by atoms with Crippen LogP contribution in [0.4, 0.5) is 0 Å². The number of aliphatic hydroxyl groups excluding tert-OH is 1. The maximum atomic E-state index is 12.8. The molecule has 3 aliphatic heterocycles. The maximum Gasteiger partial charge on any atom is 0.309 e. The van der Waals surface area contributed by atoms with Gasteiger partial charge in [0, 0.05) is 25.9 Å². The van der Waals surface area contributed by atoms with Crippen LogP contribution in [0.1, 0.15) is 80.6 Å². The number of hydrogen-bond donors (Lipinski definition) is 5. The van der Waals surface area contributed by atoms with Crippen LogP contribution in [0, 0.1) is 11.8 Å². The van der Waals surface area contributed by atoms with E-state index in [2.05, 4.69) is 37.5 Å². The number of hydrogen-bond acceptors (Lipinski definition) is 11.